The van der Waals surface area contributed by atoms with Gasteiger partial charge in [-0.3, -0.25) is 10.1 Å². The molecule has 0 atom stereocenters. The molecule has 0 saturated heterocycles. The van der Waals surface area contributed by atoms with Crippen molar-refractivity contribution in [2.75, 3.05) is 12.4 Å². The van der Waals surface area contributed by atoms with E-state index in [9.17, 15) is 9.59 Å². The molecule has 3 aromatic rings. The largest absolute Gasteiger partial charge is 0.465 e. The van der Waals surface area contributed by atoms with Gasteiger partial charge in [0.1, 0.15) is 4.88 Å². The van der Waals surface area contributed by atoms with Crippen LogP contribution in [0.1, 0.15) is 19.3 Å². The van der Waals surface area contributed by atoms with Gasteiger partial charge in [0.25, 0.3) is 5.91 Å². The minimum Gasteiger partial charge on any atom is -0.465 e. The number of ether oxygens (including phenoxy) is 1. The van der Waals surface area contributed by atoms with E-state index in [0.717, 1.165) is 21.9 Å². The van der Waals surface area contributed by atoms with Crippen LogP contribution in [-0.4, -0.2) is 24.0 Å². The van der Waals surface area contributed by atoms with E-state index in [-0.39, 0.29) is 5.91 Å². The number of methoxy groups -OCH3 is 1. The molecule has 3 heterocycles. The first kappa shape index (κ1) is 16.1. The van der Waals surface area contributed by atoms with E-state index in [1.54, 1.807) is 18.2 Å². The van der Waals surface area contributed by atoms with Crippen molar-refractivity contribution in [2.45, 2.75) is 0 Å². The van der Waals surface area contributed by atoms with Crippen LogP contribution in [-0.2, 0) is 4.74 Å². The summed E-state index contributed by atoms with van der Waals surface area (Å²) in [6.07, 6.45) is 0. The Morgan fingerprint density at radius 3 is 2.65 bits per heavy atom. The van der Waals surface area contributed by atoms with Gasteiger partial charge >= 0.3 is 5.97 Å². The molecule has 1 N–H and O–H groups in total. The molecule has 9 heteroatoms. The van der Waals surface area contributed by atoms with Crippen molar-refractivity contribution in [3.8, 4) is 10.6 Å². The summed E-state index contributed by atoms with van der Waals surface area (Å²) in [6.45, 7) is 0. The number of hydrogen-bond donors (Lipinski definition) is 1. The number of aromatic nitrogens is 1. The first-order valence-corrected chi connectivity index (χ1v) is 9.16. The second kappa shape index (κ2) is 6.79. The lowest BCUT2D eigenvalue weighted by molar-refractivity contribution is 0.0606. The number of esters is 1. The fourth-order valence-electron chi connectivity index (χ4n) is 1.73. The zero-order chi connectivity index (χ0) is 16.4. The fourth-order valence-corrected chi connectivity index (χ4v) is 4.33. The average molecular weight is 385 g/mol. The van der Waals surface area contributed by atoms with Crippen molar-refractivity contribution in [1.29, 1.82) is 0 Å². The quantitative estimate of drug-likeness (QED) is 0.666. The predicted molar refractivity (Wildman–Crippen MR) is 94.0 cm³/mol. The van der Waals surface area contributed by atoms with Crippen molar-refractivity contribution in [3.05, 3.63) is 43.7 Å². The van der Waals surface area contributed by atoms with Gasteiger partial charge in [-0.25, -0.2) is 9.78 Å². The standard InChI is InChI=1S/C14H9ClN2O3S3/c1-20-13(19)10-3-2-9(22-10)12(18)17-14-16-7(6-21-14)8-4-5-11(15)23-8/h2-6H,1H3,(H,16,17,18). The lowest BCUT2D eigenvalue weighted by atomic mass is 10.4. The summed E-state index contributed by atoms with van der Waals surface area (Å²) in [5.41, 5.74) is 0.767. The lowest BCUT2D eigenvalue weighted by Crippen LogP contribution is -2.09. The van der Waals surface area contributed by atoms with Crippen molar-refractivity contribution >= 4 is 62.6 Å². The number of nitrogens with zero attached hydrogens (tertiary/aromatic N) is 1. The van der Waals surface area contributed by atoms with Crippen LogP contribution in [0.5, 0.6) is 0 Å². The summed E-state index contributed by atoms with van der Waals surface area (Å²) in [5, 5.41) is 5.07. The number of nitrogens with one attached hydrogen (secondary N) is 1. The van der Waals surface area contributed by atoms with Crippen LogP contribution in [0, 0.1) is 0 Å². The van der Waals surface area contributed by atoms with E-state index in [1.165, 1.54) is 29.8 Å². The number of hydrogen-bond acceptors (Lipinski definition) is 7. The molecular formula is C14H9ClN2O3S3. The van der Waals surface area contributed by atoms with Gasteiger partial charge in [0.05, 0.1) is 26.9 Å². The molecule has 1 amide bonds. The van der Waals surface area contributed by atoms with Gasteiger partial charge in [0, 0.05) is 5.38 Å². The van der Waals surface area contributed by atoms with Gasteiger partial charge in [-0.05, 0) is 24.3 Å². The van der Waals surface area contributed by atoms with Crippen molar-refractivity contribution in [2.24, 2.45) is 0 Å². The first-order valence-electron chi connectivity index (χ1n) is 6.27. The molecule has 0 aromatic carbocycles. The summed E-state index contributed by atoms with van der Waals surface area (Å²) >= 11 is 9.74. The van der Waals surface area contributed by atoms with E-state index in [4.69, 9.17) is 11.6 Å². The number of thiophene rings is 2. The van der Waals surface area contributed by atoms with Crippen LogP contribution >= 0.6 is 45.6 Å². The number of halogens is 1. The van der Waals surface area contributed by atoms with Gasteiger partial charge in [0.15, 0.2) is 5.13 Å². The Morgan fingerprint density at radius 2 is 1.96 bits per heavy atom. The van der Waals surface area contributed by atoms with Gasteiger partial charge in [-0.2, -0.15) is 0 Å². The number of anilines is 1. The highest BCUT2D eigenvalue weighted by Crippen LogP contribution is 2.33. The van der Waals surface area contributed by atoms with Crippen LogP contribution in [0.3, 0.4) is 0 Å². The van der Waals surface area contributed by atoms with Crippen LogP contribution < -0.4 is 5.32 Å². The molecule has 5 nitrogen and oxygen atoms in total. The third kappa shape index (κ3) is 3.61. The molecule has 0 radical (unpaired) electrons. The van der Waals surface area contributed by atoms with E-state index in [2.05, 4.69) is 15.0 Å². The Morgan fingerprint density at radius 1 is 1.17 bits per heavy atom. The monoisotopic (exact) mass is 384 g/mol. The van der Waals surface area contributed by atoms with Gasteiger partial charge in [-0.15, -0.1) is 34.0 Å². The maximum atomic E-state index is 12.2. The Kier molecular flexibility index (Phi) is 4.76. The Bertz CT molecular complexity index is 868. The van der Waals surface area contributed by atoms with E-state index in [1.807, 2.05) is 11.4 Å². The number of carbonyl (C=O) groups is 2. The Balaban J connectivity index is 1.72. The van der Waals surface area contributed by atoms with Crippen LogP contribution in [0.2, 0.25) is 4.34 Å². The van der Waals surface area contributed by atoms with E-state index < -0.39 is 5.97 Å². The van der Waals surface area contributed by atoms with Crippen LogP contribution in [0.15, 0.2) is 29.6 Å². The molecule has 0 saturated carbocycles. The number of rotatable bonds is 4. The summed E-state index contributed by atoms with van der Waals surface area (Å²) in [5.74, 6) is -0.768. The highest BCUT2D eigenvalue weighted by Gasteiger charge is 2.15. The highest BCUT2D eigenvalue weighted by atomic mass is 35.5. The normalized spacial score (nSPS) is 10.5. The highest BCUT2D eigenvalue weighted by molar-refractivity contribution is 7.20. The first-order chi connectivity index (χ1) is 11.1. The van der Waals surface area contributed by atoms with Crippen molar-refractivity contribution in [1.82, 2.24) is 4.98 Å². The molecule has 0 bridgehead atoms. The third-order valence-corrected chi connectivity index (χ3v) is 5.84. The van der Waals surface area contributed by atoms with Crippen molar-refractivity contribution < 1.29 is 14.3 Å². The topological polar surface area (TPSA) is 68.3 Å². The summed E-state index contributed by atoms with van der Waals surface area (Å²) in [7, 11) is 1.30. The number of thiazole rings is 1. The molecule has 3 aromatic heterocycles. The average Bonchev–Trinajstić information content (AvgIpc) is 3.25. The second-order valence-electron chi connectivity index (χ2n) is 4.25. The van der Waals surface area contributed by atoms with E-state index in [0.29, 0.717) is 19.2 Å². The molecule has 0 spiro atoms. The van der Waals surface area contributed by atoms with Crippen LogP contribution in [0.25, 0.3) is 10.6 Å². The molecule has 0 aliphatic carbocycles. The third-order valence-electron chi connectivity index (χ3n) is 2.77. The molecule has 0 unspecified atom stereocenters. The van der Waals surface area contributed by atoms with Gasteiger partial charge in [0.2, 0.25) is 0 Å². The smallest absolute Gasteiger partial charge is 0.348 e. The number of amides is 1. The maximum Gasteiger partial charge on any atom is 0.348 e. The molecule has 3 rings (SSSR count). The predicted octanol–water partition coefficient (Wildman–Crippen LogP) is 4.63. The lowest BCUT2D eigenvalue weighted by Gasteiger charge is -1.98. The maximum absolute atomic E-state index is 12.2. The van der Waals surface area contributed by atoms with Crippen molar-refractivity contribution in [3.63, 3.8) is 0 Å². The van der Waals surface area contributed by atoms with Gasteiger partial charge in [-0.1, -0.05) is 11.6 Å². The van der Waals surface area contributed by atoms with Gasteiger partial charge < -0.3 is 4.74 Å². The summed E-state index contributed by atoms with van der Waals surface area (Å²) in [4.78, 5) is 29.7. The molecule has 0 aliphatic heterocycles. The van der Waals surface area contributed by atoms with E-state index >= 15 is 0 Å². The minimum atomic E-state index is -0.458. The molecule has 118 valence electrons. The summed E-state index contributed by atoms with van der Waals surface area (Å²) < 4.78 is 5.31. The second-order valence-corrected chi connectivity index (χ2v) is 7.91. The zero-order valence-corrected chi connectivity index (χ0v) is 14.9. The fraction of sp³-hybridized carbons (Fsp3) is 0.0714. The molecule has 23 heavy (non-hydrogen) atoms. The number of carbonyl (C=O) groups excluding carboxylic acids is 2. The molecule has 0 fully saturated rings. The minimum absolute atomic E-state index is 0.310. The van der Waals surface area contributed by atoms with Crippen LogP contribution in [0.4, 0.5) is 5.13 Å². The summed E-state index contributed by atoms with van der Waals surface area (Å²) in [6, 6.07) is 6.83. The Hall–Kier alpha value is -1.74. The molecular weight excluding hydrogens is 376 g/mol. The SMILES string of the molecule is COC(=O)c1ccc(C(=O)Nc2nc(-c3ccc(Cl)s3)cs2)s1. The molecule has 0 aliphatic rings. The Labute approximate surface area is 148 Å². The zero-order valence-electron chi connectivity index (χ0n) is 11.7.